The highest BCUT2D eigenvalue weighted by Gasteiger charge is 2.02. The molecule has 1 aromatic heterocycles. The van der Waals surface area contributed by atoms with Gasteiger partial charge in [-0.05, 0) is 25.1 Å². The van der Waals surface area contributed by atoms with Crippen LogP contribution in [0.25, 0.3) is 10.2 Å². The van der Waals surface area contributed by atoms with Gasteiger partial charge in [0, 0.05) is 5.56 Å². The largest absolute Gasteiger partial charge is 0.384 e. The number of nitrogens with one attached hydrogen (secondary N) is 1. The molecule has 0 aliphatic rings. The molecule has 0 radical (unpaired) electrons. The number of nitrogen functional groups attached to an aromatic ring is 1. The van der Waals surface area contributed by atoms with E-state index in [0.717, 1.165) is 20.8 Å². The molecule has 13 heavy (non-hydrogen) atoms. The van der Waals surface area contributed by atoms with Gasteiger partial charge in [0.05, 0.1) is 15.2 Å². The molecule has 0 atom stereocenters. The Hall–Kier alpha value is -1.42. The van der Waals surface area contributed by atoms with Crippen molar-refractivity contribution in [1.29, 1.82) is 5.41 Å². The maximum absolute atomic E-state index is 7.28. The summed E-state index contributed by atoms with van der Waals surface area (Å²) in [6.07, 6.45) is 0. The Morgan fingerprint density at radius 3 is 3.00 bits per heavy atom. The fraction of sp³-hybridized carbons (Fsp3) is 0.111. The van der Waals surface area contributed by atoms with Crippen molar-refractivity contribution in [2.24, 2.45) is 5.73 Å². The number of hydrogen-bond acceptors (Lipinski definition) is 3. The average molecular weight is 191 g/mol. The Balaban J connectivity index is 2.67. The van der Waals surface area contributed by atoms with Crippen LogP contribution in [0.5, 0.6) is 0 Å². The van der Waals surface area contributed by atoms with Crippen LogP contribution < -0.4 is 5.73 Å². The van der Waals surface area contributed by atoms with Crippen molar-refractivity contribution in [3.63, 3.8) is 0 Å². The van der Waals surface area contributed by atoms with E-state index in [1.54, 1.807) is 11.3 Å². The number of nitrogens with two attached hydrogens (primary N) is 1. The smallest absolute Gasteiger partial charge is 0.122 e. The summed E-state index contributed by atoms with van der Waals surface area (Å²) in [6, 6.07) is 5.63. The number of hydrogen-bond donors (Lipinski definition) is 2. The highest BCUT2D eigenvalue weighted by molar-refractivity contribution is 7.18. The highest BCUT2D eigenvalue weighted by atomic mass is 32.1. The summed E-state index contributed by atoms with van der Waals surface area (Å²) in [7, 11) is 0. The molecule has 3 nitrogen and oxygen atoms in total. The summed E-state index contributed by atoms with van der Waals surface area (Å²) in [5.74, 6) is 0.105. The zero-order valence-corrected chi connectivity index (χ0v) is 7.98. The predicted octanol–water partition coefficient (Wildman–Crippen LogP) is 1.89. The molecule has 0 amide bonds. The van der Waals surface area contributed by atoms with Crippen LogP contribution in [0, 0.1) is 12.3 Å². The molecule has 0 aliphatic carbocycles. The zero-order chi connectivity index (χ0) is 9.42. The van der Waals surface area contributed by atoms with E-state index in [1.165, 1.54) is 0 Å². The van der Waals surface area contributed by atoms with Gasteiger partial charge in [-0.3, -0.25) is 5.41 Å². The van der Waals surface area contributed by atoms with Crippen LogP contribution in [0.2, 0.25) is 0 Å². The molecule has 2 aromatic rings. The quantitative estimate of drug-likeness (QED) is 0.534. The third-order valence-electron chi connectivity index (χ3n) is 1.81. The number of aromatic nitrogens is 1. The van der Waals surface area contributed by atoms with Gasteiger partial charge >= 0.3 is 0 Å². The zero-order valence-electron chi connectivity index (χ0n) is 7.16. The lowest BCUT2D eigenvalue weighted by atomic mass is 10.2. The van der Waals surface area contributed by atoms with Crippen LogP contribution >= 0.6 is 11.3 Å². The van der Waals surface area contributed by atoms with Gasteiger partial charge < -0.3 is 5.73 Å². The van der Waals surface area contributed by atoms with E-state index in [9.17, 15) is 0 Å². The van der Waals surface area contributed by atoms with Crippen LogP contribution in [0.4, 0.5) is 0 Å². The van der Waals surface area contributed by atoms with Gasteiger partial charge in [-0.25, -0.2) is 4.98 Å². The van der Waals surface area contributed by atoms with Gasteiger partial charge in [0.1, 0.15) is 5.84 Å². The van der Waals surface area contributed by atoms with Gasteiger partial charge in [-0.15, -0.1) is 11.3 Å². The van der Waals surface area contributed by atoms with Crippen LogP contribution in [0.3, 0.4) is 0 Å². The first-order valence-corrected chi connectivity index (χ1v) is 4.70. The van der Waals surface area contributed by atoms with E-state index in [2.05, 4.69) is 4.98 Å². The third-order valence-corrected chi connectivity index (χ3v) is 2.74. The second-order valence-electron chi connectivity index (χ2n) is 2.83. The van der Waals surface area contributed by atoms with Crippen LogP contribution in [0.15, 0.2) is 18.2 Å². The third kappa shape index (κ3) is 1.40. The molecule has 0 fully saturated rings. The Morgan fingerprint density at radius 1 is 1.54 bits per heavy atom. The lowest BCUT2D eigenvalue weighted by Gasteiger charge is -1.95. The molecule has 0 saturated carbocycles. The van der Waals surface area contributed by atoms with E-state index >= 15 is 0 Å². The molecule has 0 saturated heterocycles. The number of rotatable bonds is 1. The molecule has 0 spiro atoms. The van der Waals surface area contributed by atoms with Crippen LogP contribution in [-0.4, -0.2) is 10.8 Å². The Bertz CT molecular complexity index is 473. The summed E-state index contributed by atoms with van der Waals surface area (Å²) in [5.41, 5.74) is 7.12. The van der Waals surface area contributed by atoms with Gasteiger partial charge in [0.2, 0.25) is 0 Å². The normalized spacial score (nSPS) is 10.5. The van der Waals surface area contributed by atoms with E-state index in [0.29, 0.717) is 0 Å². The maximum Gasteiger partial charge on any atom is 0.122 e. The fourth-order valence-electron chi connectivity index (χ4n) is 1.21. The van der Waals surface area contributed by atoms with Gasteiger partial charge in [-0.1, -0.05) is 0 Å². The first-order chi connectivity index (χ1) is 6.16. The molecule has 0 unspecified atom stereocenters. The first-order valence-electron chi connectivity index (χ1n) is 3.88. The number of thiazole rings is 1. The van der Waals surface area contributed by atoms with Crippen molar-refractivity contribution in [3.05, 3.63) is 28.8 Å². The minimum atomic E-state index is 0.105. The molecule has 3 N–H and O–H groups in total. The van der Waals surface area contributed by atoms with E-state index in [-0.39, 0.29) is 5.84 Å². The summed E-state index contributed by atoms with van der Waals surface area (Å²) in [5, 5.41) is 8.32. The topological polar surface area (TPSA) is 62.8 Å². The van der Waals surface area contributed by atoms with Gasteiger partial charge in [0.25, 0.3) is 0 Å². The van der Waals surface area contributed by atoms with E-state index < -0.39 is 0 Å². The van der Waals surface area contributed by atoms with Gasteiger partial charge in [-0.2, -0.15) is 0 Å². The predicted molar refractivity (Wildman–Crippen MR) is 55.4 cm³/mol. The molecule has 0 bridgehead atoms. The van der Waals surface area contributed by atoms with Crippen molar-refractivity contribution in [2.45, 2.75) is 6.92 Å². The minimum absolute atomic E-state index is 0.105. The Morgan fingerprint density at radius 2 is 2.31 bits per heavy atom. The van der Waals surface area contributed by atoms with E-state index in [4.69, 9.17) is 11.1 Å². The number of aryl methyl sites for hydroxylation is 1. The summed E-state index contributed by atoms with van der Waals surface area (Å²) in [6.45, 7) is 1.97. The Labute approximate surface area is 79.7 Å². The first kappa shape index (κ1) is 8.19. The number of fused-ring (bicyclic) bond motifs is 1. The summed E-state index contributed by atoms with van der Waals surface area (Å²) >= 11 is 1.62. The second-order valence-corrected chi connectivity index (χ2v) is 4.06. The number of nitrogens with zero attached hydrogens (tertiary/aromatic N) is 1. The molecule has 1 heterocycles. The SMILES string of the molecule is Cc1nc2ccc(C(=N)N)cc2s1. The van der Waals surface area contributed by atoms with Crippen molar-refractivity contribution >= 4 is 27.4 Å². The molecule has 2 rings (SSSR count). The summed E-state index contributed by atoms with van der Waals surface area (Å²) in [4.78, 5) is 4.32. The van der Waals surface area contributed by atoms with E-state index in [1.807, 2.05) is 25.1 Å². The van der Waals surface area contributed by atoms with Gasteiger partial charge in [0.15, 0.2) is 0 Å². The summed E-state index contributed by atoms with van der Waals surface area (Å²) < 4.78 is 1.09. The molecule has 0 aliphatic heterocycles. The monoisotopic (exact) mass is 191 g/mol. The number of amidine groups is 1. The maximum atomic E-state index is 7.28. The fourth-order valence-corrected chi connectivity index (χ4v) is 2.07. The molecule has 4 heteroatoms. The molecular weight excluding hydrogens is 182 g/mol. The van der Waals surface area contributed by atoms with Crippen molar-refractivity contribution in [3.8, 4) is 0 Å². The average Bonchev–Trinajstić information content (AvgIpc) is 2.42. The van der Waals surface area contributed by atoms with Crippen molar-refractivity contribution in [2.75, 3.05) is 0 Å². The number of benzene rings is 1. The molecule has 66 valence electrons. The van der Waals surface area contributed by atoms with Crippen LogP contribution in [-0.2, 0) is 0 Å². The molecule has 1 aromatic carbocycles. The second kappa shape index (κ2) is 2.81. The van der Waals surface area contributed by atoms with Crippen LogP contribution in [0.1, 0.15) is 10.6 Å². The minimum Gasteiger partial charge on any atom is -0.384 e. The lowest BCUT2D eigenvalue weighted by Crippen LogP contribution is -2.10. The van der Waals surface area contributed by atoms with Crippen molar-refractivity contribution in [1.82, 2.24) is 4.98 Å². The lowest BCUT2D eigenvalue weighted by molar-refractivity contribution is 1.34. The standard InChI is InChI=1S/C9H9N3S/c1-5-12-7-3-2-6(9(10)11)4-8(7)13-5/h2-4H,1H3,(H3,10,11). The Kier molecular flexibility index (Phi) is 1.77. The highest BCUT2D eigenvalue weighted by Crippen LogP contribution is 2.22. The molecular formula is C9H9N3S. The van der Waals surface area contributed by atoms with Crippen molar-refractivity contribution < 1.29 is 0 Å².